The first-order chi connectivity index (χ1) is 10.6. The Hall–Kier alpha value is -0.880. The lowest BCUT2D eigenvalue weighted by atomic mass is 10.2. The van der Waals surface area contributed by atoms with Crippen LogP contribution in [-0.2, 0) is 6.54 Å². The topological polar surface area (TPSA) is 23.6 Å². The molecule has 3 nitrogen and oxygen atoms in total. The highest BCUT2D eigenvalue weighted by Gasteiger charge is 2.22. The van der Waals surface area contributed by atoms with Crippen molar-refractivity contribution in [3.63, 3.8) is 0 Å². The summed E-state index contributed by atoms with van der Waals surface area (Å²) in [4.78, 5) is 18.1. The molecule has 2 heterocycles. The lowest BCUT2D eigenvalue weighted by Crippen LogP contribution is -2.48. The first-order valence-electron chi connectivity index (χ1n) is 7.13. The van der Waals surface area contributed by atoms with Gasteiger partial charge in [0.15, 0.2) is 0 Å². The largest absolute Gasteiger partial charge is 0.336 e. The molecule has 0 atom stereocenters. The van der Waals surface area contributed by atoms with Gasteiger partial charge in [0.05, 0.1) is 3.79 Å². The van der Waals surface area contributed by atoms with Crippen molar-refractivity contribution >= 4 is 44.8 Å². The highest BCUT2D eigenvalue weighted by Crippen LogP contribution is 2.23. The molecule has 116 valence electrons. The van der Waals surface area contributed by atoms with Crippen LogP contribution < -0.4 is 0 Å². The van der Waals surface area contributed by atoms with E-state index in [4.69, 9.17) is 11.6 Å². The maximum Gasteiger partial charge on any atom is 0.253 e. The number of thiophene rings is 1. The van der Waals surface area contributed by atoms with E-state index in [2.05, 4.69) is 33.0 Å². The smallest absolute Gasteiger partial charge is 0.253 e. The standard InChI is InChI=1S/C16H16BrClN2OS/c17-15-6-5-14(22-15)11-19-7-9-20(10-8-19)16(21)12-1-3-13(18)4-2-12/h1-6H,7-11H2. The third-order valence-corrected chi connectivity index (χ3v) is 5.62. The zero-order valence-electron chi connectivity index (χ0n) is 12.0. The molecule has 0 saturated carbocycles. The van der Waals surface area contributed by atoms with E-state index in [0.29, 0.717) is 10.6 Å². The van der Waals surface area contributed by atoms with E-state index in [1.807, 2.05) is 4.90 Å². The summed E-state index contributed by atoms with van der Waals surface area (Å²) in [6.07, 6.45) is 0. The van der Waals surface area contributed by atoms with Gasteiger partial charge in [-0.25, -0.2) is 0 Å². The van der Waals surface area contributed by atoms with E-state index < -0.39 is 0 Å². The lowest BCUT2D eigenvalue weighted by molar-refractivity contribution is 0.0629. The van der Waals surface area contributed by atoms with E-state index in [0.717, 1.165) is 32.7 Å². The predicted octanol–water partition coefficient (Wildman–Crippen LogP) is 4.12. The van der Waals surface area contributed by atoms with Gasteiger partial charge in [-0.3, -0.25) is 9.69 Å². The number of rotatable bonds is 3. The Morgan fingerprint density at radius 2 is 1.77 bits per heavy atom. The monoisotopic (exact) mass is 398 g/mol. The van der Waals surface area contributed by atoms with Crippen LogP contribution in [0.1, 0.15) is 15.2 Å². The summed E-state index contributed by atoms with van der Waals surface area (Å²) in [6.45, 7) is 4.32. The Balaban J connectivity index is 1.55. The second-order valence-corrected chi connectivity index (χ2v) is 8.27. The summed E-state index contributed by atoms with van der Waals surface area (Å²) in [7, 11) is 0. The number of hydrogen-bond acceptors (Lipinski definition) is 3. The fourth-order valence-corrected chi connectivity index (χ4v) is 4.19. The summed E-state index contributed by atoms with van der Waals surface area (Å²) < 4.78 is 1.17. The molecule has 1 fully saturated rings. The fraction of sp³-hybridized carbons (Fsp3) is 0.312. The SMILES string of the molecule is O=C(c1ccc(Cl)cc1)N1CCN(Cc2ccc(Br)s2)CC1. The van der Waals surface area contributed by atoms with Gasteiger partial charge in [-0.15, -0.1) is 11.3 Å². The molecular weight excluding hydrogens is 384 g/mol. The Bertz CT molecular complexity index is 650. The molecule has 0 radical (unpaired) electrons. The number of piperazine rings is 1. The summed E-state index contributed by atoms with van der Waals surface area (Å²) >= 11 is 11.1. The van der Waals surface area contributed by atoms with Gasteiger partial charge in [-0.1, -0.05) is 11.6 Å². The first-order valence-corrected chi connectivity index (χ1v) is 9.12. The van der Waals surface area contributed by atoms with Crippen LogP contribution in [0.2, 0.25) is 5.02 Å². The Morgan fingerprint density at radius 1 is 1.09 bits per heavy atom. The maximum absolute atomic E-state index is 12.4. The molecular formula is C16H16BrClN2OS. The van der Waals surface area contributed by atoms with Crippen LogP contribution in [0.4, 0.5) is 0 Å². The first kappa shape index (κ1) is 16.0. The normalized spacial score (nSPS) is 16.0. The number of nitrogens with zero attached hydrogens (tertiary/aromatic N) is 2. The van der Waals surface area contributed by atoms with Crippen LogP contribution in [-0.4, -0.2) is 41.9 Å². The van der Waals surface area contributed by atoms with Gasteiger partial charge in [-0.05, 0) is 52.3 Å². The number of carbonyl (C=O) groups excluding carboxylic acids is 1. The second-order valence-electron chi connectivity index (χ2n) is 5.28. The molecule has 6 heteroatoms. The minimum atomic E-state index is 0.0928. The third kappa shape index (κ3) is 3.90. The van der Waals surface area contributed by atoms with Crippen LogP contribution in [0.25, 0.3) is 0 Å². The third-order valence-electron chi connectivity index (χ3n) is 3.76. The van der Waals surface area contributed by atoms with E-state index in [9.17, 15) is 4.79 Å². The maximum atomic E-state index is 12.4. The molecule has 1 aliphatic heterocycles. The van der Waals surface area contributed by atoms with Crippen LogP contribution in [0, 0.1) is 0 Å². The van der Waals surface area contributed by atoms with Gasteiger partial charge >= 0.3 is 0 Å². The van der Waals surface area contributed by atoms with E-state index in [1.54, 1.807) is 35.6 Å². The van der Waals surface area contributed by atoms with Gasteiger partial charge in [-0.2, -0.15) is 0 Å². The summed E-state index contributed by atoms with van der Waals surface area (Å²) in [5, 5.41) is 0.656. The molecule has 1 aromatic carbocycles. The molecule has 0 unspecified atom stereocenters. The van der Waals surface area contributed by atoms with Crippen LogP contribution in [0.3, 0.4) is 0 Å². The van der Waals surface area contributed by atoms with Gasteiger partial charge in [0, 0.05) is 48.2 Å². The van der Waals surface area contributed by atoms with Crippen molar-refractivity contribution in [1.29, 1.82) is 0 Å². The molecule has 1 aromatic heterocycles. The Kier molecular flexibility index (Phi) is 5.18. The van der Waals surface area contributed by atoms with Crippen LogP contribution >= 0.6 is 38.9 Å². The highest BCUT2D eigenvalue weighted by molar-refractivity contribution is 9.11. The van der Waals surface area contributed by atoms with Crippen molar-refractivity contribution in [3.8, 4) is 0 Å². The molecule has 2 aromatic rings. The zero-order chi connectivity index (χ0) is 15.5. The zero-order valence-corrected chi connectivity index (χ0v) is 15.1. The van der Waals surface area contributed by atoms with Crippen molar-refractivity contribution in [3.05, 3.63) is 55.6 Å². The average molecular weight is 400 g/mol. The average Bonchev–Trinajstić information content (AvgIpc) is 2.93. The van der Waals surface area contributed by atoms with Gasteiger partial charge in [0.2, 0.25) is 0 Å². The van der Waals surface area contributed by atoms with Crippen molar-refractivity contribution in [1.82, 2.24) is 9.80 Å². The van der Waals surface area contributed by atoms with Crippen molar-refractivity contribution in [2.45, 2.75) is 6.54 Å². The quantitative estimate of drug-likeness (QED) is 0.775. The van der Waals surface area contributed by atoms with E-state index in [-0.39, 0.29) is 5.91 Å². The summed E-state index contributed by atoms with van der Waals surface area (Å²) in [6, 6.07) is 11.3. The Morgan fingerprint density at radius 3 is 2.36 bits per heavy atom. The van der Waals surface area contributed by atoms with E-state index in [1.165, 1.54) is 8.66 Å². The molecule has 22 heavy (non-hydrogen) atoms. The van der Waals surface area contributed by atoms with Gasteiger partial charge in [0.1, 0.15) is 0 Å². The summed E-state index contributed by atoms with van der Waals surface area (Å²) in [5.74, 6) is 0.0928. The van der Waals surface area contributed by atoms with Crippen molar-refractivity contribution in [2.24, 2.45) is 0 Å². The molecule has 1 saturated heterocycles. The van der Waals surface area contributed by atoms with Crippen molar-refractivity contribution < 1.29 is 4.79 Å². The molecule has 1 amide bonds. The highest BCUT2D eigenvalue weighted by atomic mass is 79.9. The van der Waals surface area contributed by atoms with Crippen LogP contribution in [0.5, 0.6) is 0 Å². The number of carbonyl (C=O) groups is 1. The Labute approximate surface area is 147 Å². The summed E-state index contributed by atoms with van der Waals surface area (Å²) in [5.41, 5.74) is 0.708. The van der Waals surface area contributed by atoms with Gasteiger partial charge in [0.25, 0.3) is 5.91 Å². The number of hydrogen-bond donors (Lipinski definition) is 0. The fourth-order valence-electron chi connectivity index (χ4n) is 2.54. The lowest BCUT2D eigenvalue weighted by Gasteiger charge is -2.34. The second kappa shape index (κ2) is 7.13. The molecule has 3 rings (SSSR count). The number of benzene rings is 1. The minimum absolute atomic E-state index is 0.0928. The minimum Gasteiger partial charge on any atom is -0.336 e. The number of amides is 1. The van der Waals surface area contributed by atoms with Crippen molar-refractivity contribution in [2.75, 3.05) is 26.2 Å². The molecule has 0 N–H and O–H groups in total. The molecule has 0 aliphatic carbocycles. The predicted molar refractivity (Wildman–Crippen MR) is 94.7 cm³/mol. The molecule has 0 bridgehead atoms. The van der Waals surface area contributed by atoms with Gasteiger partial charge < -0.3 is 4.90 Å². The van der Waals surface area contributed by atoms with Crippen LogP contribution in [0.15, 0.2) is 40.2 Å². The molecule has 0 spiro atoms. The molecule has 1 aliphatic rings. The number of halogens is 2. The van der Waals surface area contributed by atoms with E-state index >= 15 is 0 Å².